The van der Waals surface area contributed by atoms with Gasteiger partial charge in [-0.3, -0.25) is 4.79 Å². The Balaban J connectivity index is 2.16. The third-order valence-electron chi connectivity index (χ3n) is 3.22. The number of aliphatic carboxylic acids is 1. The average Bonchev–Trinajstić information content (AvgIpc) is 2.85. The predicted octanol–water partition coefficient (Wildman–Crippen LogP) is 2.77. The maximum atomic E-state index is 11.2. The highest BCUT2D eigenvalue weighted by atomic mass is 16.4. The number of carboxylic acids is 1. The van der Waals surface area contributed by atoms with Gasteiger partial charge in [0.1, 0.15) is 0 Å². The van der Waals surface area contributed by atoms with E-state index in [-0.39, 0.29) is 11.8 Å². The largest absolute Gasteiger partial charge is 0.481 e. The summed E-state index contributed by atoms with van der Waals surface area (Å²) in [4.78, 5) is 11.2. The van der Waals surface area contributed by atoms with Crippen molar-refractivity contribution in [3.63, 3.8) is 0 Å². The van der Waals surface area contributed by atoms with Crippen molar-refractivity contribution in [3.05, 3.63) is 48.3 Å². The molecule has 4 heteroatoms. The minimum Gasteiger partial charge on any atom is -0.481 e. The first kappa shape index (κ1) is 13.3. The molecule has 0 saturated heterocycles. The van der Waals surface area contributed by atoms with E-state index in [1.165, 1.54) is 0 Å². The first-order chi connectivity index (χ1) is 9.08. The Morgan fingerprint density at radius 2 is 1.95 bits per heavy atom. The number of hydrogen-bond acceptors (Lipinski definition) is 2. The van der Waals surface area contributed by atoms with Crippen molar-refractivity contribution in [2.45, 2.75) is 20.3 Å². The molecule has 100 valence electrons. The number of carbonyl (C=O) groups is 1. The number of rotatable bonds is 5. The molecule has 0 bridgehead atoms. The lowest BCUT2D eigenvalue weighted by Crippen LogP contribution is -2.22. The van der Waals surface area contributed by atoms with Gasteiger partial charge in [-0.25, -0.2) is 4.68 Å². The quantitative estimate of drug-likeness (QED) is 0.897. The summed E-state index contributed by atoms with van der Waals surface area (Å²) >= 11 is 0. The van der Waals surface area contributed by atoms with Crippen LogP contribution in [0.25, 0.3) is 5.69 Å². The van der Waals surface area contributed by atoms with Crippen molar-refractivity contribution in [1.29, 1.82) is 0 Å². The van der Waals surface area contributed by atoms with E-state index in [0.717, 1.165) is 11.4 Å². The summed E-state index contributed by atoms with van der Waals surface area (Å²) < 4.78 is 1.77. The highest BCUT2D eigenvalue weighted by molar-refractivity contribution is 5.70. The fourth-order valence-corrected chi connectivity index (χ4v) is 2.03. The standard InChI is InChI=1S/C15H18N2O2/c1-11(2)14(15(18)19)10-12-8-9-17(16-12)13-6-4-3-5-7-13/h3-9,11,14H,10H2,1-2H3,(H,18,19). The molecular weight excluding hydrogens is 240 g/mol. The Morgan fingerprint density at radius 1 is 1.26 bits per heavy atom. The molecular formula is C15H18N2O2. The van der Waals surface area contributed by atoms with Gasteiger partial charge in [-0.1, -0.05) is 32.0 Å². The van der Waals surface area contributed by atoms with Crippen LogP contribution in [0.2, 0.25) is 0 Å². The third-order valence-corrected chi connectivity index (χ3v) is 3.22. The van der Waals surface area contributed by atoms with Gasteiger partial charge in [0, 0.05) is 12.6 Å². The Hall–Kier alpha value is -2.10. The van der Waals surface area contributed by atoms with Gasteiger partial charge in [-0.2, -0.15) is 5.10 Å². The maximum absolute atomic E-state index is 11.2. The van der Waals surface area contributed by atoms with Gasteiger partial charge in [0.15, 0.2) is 0 Å². The Labute approximate surface area is 112 Å². The molecule has 1 aromatic carbocycles. The van der Waals surface area contributed by atoms with E-state index in [0.29, 0.717) is 6.42 Å². The fourth-order valence-electron chi connectivity index (χ4n) is 2.03. The Morgan fingerprint density at radius 3 is 2.53 bits per heavy atom. The van der Waals surface area contributed by atoms with E-state index in [1.807, 2.05) is 56.4 Å². The zero-order valence-corrected chi connectivity index (χ0v) is 11.2. The summed E-state index contributed by atoms with van der Waals surface area (Å²) in [7, 11) is 0. The second-order valence-electron chi connectivity index (χ2n) is 4.98. The number of nitrogens with zero attached hydrogens (tertiary/aromatic N) is 2. The molecule has 19 heavy (non-hydrogen) atoms. The number of carboxylic acid groups (broad SMARTS) is 1. The predicted molar refractivity (Wildman–Crippen MR) is 73.2 cm³/mol. The van der Waals surface area contributed by atoms with Gasteiger partial charge in [-0.15, -0.1) is 0 Å². The molecule has 2 rings (SSSR count). The summed E-state index contributed by atoms with van der Waals surface area (Å²) in [6, 6.07) is 11.7. The lowest BCUT2D eigenvalue weighted by molar-refractivity contribution is -0.143. The summed E-state index contributed by atoms with van der Waals surface area (Å²) in [6.45, 7) is 3.85. The van der Waals surface area contributed by atoms with Crippen LogP contribution in [0, 0.1) is 11.8 Å². The van der Waals surface area contributed by atoms with E-state index in [2.05, 4.69) is 5.10 Å². The zero-order valence-electron chi connectivity index (χ0n) is 11.2. The molecule has 0 spiro atoms. The summed E-state index contributed by atoms with van der Waals surface area (Å²) in [5, 5.41) is 13.6. The number of hydrogen-bond donors (Lipinski definition) is 1. The molecule has 0 saturated carbocycles. The Bertz CT molecular complexity index is 546. The van der Waals surface area contributed by atoms with Gasteiger partial charge < -0.3 is 5.11 Å². The van der Waals surface area contributed by atoms with Crippen molar-refractivity contribution in [3.8, 4) is 5.69 Å². The fraction of sp³-hybridized carbons (Fsp3) is 0.333. The lowest BCUT2D eigenvalue weighted by atomic mass is 9.91. The third kappa shape index (κ3) is 3.22. The number of aromatic nitrogens is 2. The first-order valence-electron chi connectivity index (χ1n) is 6.40. The normalized spacial score (nSPS) is 12.6. The monoisotopic (exact) mass is 258 g/mol. The smallest absolute Gasteiger partial charge is 0.307 e. The van der Waals surface area contributed by atoms with E-state index in [9.17, 15) is 9.90 Å². The molecule has 2 aromatic rings. The highest BCUT2D eigenvalue weighted by Gasteiger charge is 2.22. The summed E-state index contributed by atoms with van der Waals surface area (Å²) in [5.41, 5.74) is 1.79. The van der Waals surface area contributed by atoms with Gasteiger partial charge in [0.25, 0.3) is 0 Å². The first-order valence-corrected chi connectivity index (χ1v) is 6.40. The van der Waals surface area contributed by atoms with Crippen LogP contribution in [0.1, 0.15) is 19.5 Å². The van der Waals surface area contributed by atoms with Crippen LogP contribution in [0.15, 0.2) is 42.6 Å². The second kappa shape index (κ2) is 5.69. The molecule has 0 radical (unpaired) electrons. The minimum atomic E-state index is -0.760. The van der Waals surface area contributed by atoms with Crippen molar-refractivity contribution < 1.29 is 9.90 Å². The van der Waals surface area contributed by atoms with Crippen LogP contribution in [-0.2, 0) is 11.2 Å². The van der Waals surface area contributed by atoms with Crippen molar-refractivity contribution >= 4 is 5.97 Å². The number of para-hydroxylation sites is 1. The molecule has 0 amide bonds. The summed E-state index contributed by atoms with van der Waals surface area (Å²) in [5.74, 6) is -1.05. The Kier molecular flexibility index (Phi) is 4.00. The van der Waals surface area contributed by atoms with Gasteiger partial charge in [-0.05, 0) is 24.1 Å². The van der Waals surface area contributed by atoms with Crippen LogP contribution in [0.5, 0.6) is 0 Å². The van der Waals surface area contributed by atoms with E-state index < -0.39 is 5.97 Å². The van der Waals surface area contributed by atoms with Crippen molar-refractivity contribution in [2.24, 2.45) is 11.8 Å². The molecule has 1 aromatic heterocycles. The van der Waals surface area contributed by atoms with Crippen LogP contribution in [0.3, 0.4) is 0 Å². The van der Waals surface area contributed by atoms with Crippen LogP contribution < -0.4 is 0 Å². The van der Waals surface area contributed by atoms with Gasteiger partial charge in [0.05, 0.1) is 17.3 Å². The molecule has 0 aliphatic heterocycles. The molecule has 1 unspecified atom stereocenters. The van der Waals surface area contributed by atoms with Crippen LogP contribution >= 0.6 is 0 Å². The number of benzene rings is 1. The van der Waals surface area contributed by atoms with E-state index in [1.54, 1.807) is 4.68 Å². The zero-order chi connectivity index (χ0) is 13.8. The van der Waals surface area contributed by atoms with Crippen molar-refractivity contribution in [2.75, 3.05) is 0 Å². The summed E-state index contributed by atoms with van der Waals surface area (Å²) in [6.07, 6.45) is 2.33. The second-order valence-corrected chi connectivity index (χ2v) is 4.98. The van der Waals surface area contributed by atoms with Crippen molar-refractivity contribution in [1.82, 2.24) is 9.78 Å². The van der Waals surface area contributed by atoms with E-state index >= 15 is 0 Å². The molecule has 1 N–H and O–H groups in total. The van der Waals surface area contributed by atoms with Crippen LogP contribution in [0.4, 0.5) is 0 Å². The maximum Gasteiger partial charge on any atom is 0.307 e. The molecule has 0 aliphatic carbocycles. The molecule has 4 nitrogen and oxygen atoms in total. The van der Waals surface area contributed by atoms with Gasteiger partial charge in [0.2, 0.25) is 0 Å². The topological polar surface area (TPSA) is 55.1 Å². The van der Waals surface area contributed by atoms with Gasteiger partial charge >= 0.3 is 5.97 Å². The molecule has 1 atom stereocenters. The molecule has 0 aliphatic rings. The van der Waals surface area contributed by atoms with Crippen LogP contribution in [-0.4, -0.2) is 20.9 Å². The highest BCUT2D eigenvalue weighted by Crippen LogP contribution is 2.17. The molecule has 1 heterocycles. The minimum absolute atomic E-state index is 0.0966. The SMILES string of the molecule is CC(C)C(Cc1ccn(-c2ccccc2)n1)C(=O)O. The van der Waals surface area contributed by atoms with E-state index in [4.69, 9.17) is 0 Å². The molecule has 0 fully saturated rings. The average molecular weight is 258 g/mol. The lowest BCUT2D eigenvalue weighted by Gasteiger charge is -2.14.